The highest BCUT2D eigenvalue weighted by Crippen LogP contribution is 2.35. The molecule has 8 nitrogen and oxygen atoms in total. The zero-order valence-electron chi connectivity index (χ0n) is 23.5. The van der Waals surface area contributed by atoms with E-state index in [1.807, 2.05) is 99.1 Å². The van der Waals surface area contributed by atoms with E-state index in [2.05, 4.69) is 17.2 Å². The fraction of sp³-hybridized carbons (Fsp3) is 0.452. The molecule has 1 aliphatic rings. The number of amides is 1. The first-order chi connectivity index (χ1) is 18.7. The molecule has 2 heterocycles. The zero-order chi connectivity index (χ0) is 28.0. The predicted octanol–water partition coefficient (Wildman–Crippen LogP) is 6.15. The zero-order valence-corrected chi connectivity index (χ0v) is 23.5. The summed E-state index contributed by atoms with van der Waals surface area (Å²) < 4.78 is 7.87. The van der Waals surface area contributed by atoms with Crippen molar-refractivity contribution < 1.29 is 19.2 Å². The summed E-state index contributed by atoms with van der Waals surface area (Å²) in [6, 6.07) is 19.1. The lowest BCUT2D eigenvalue weighted by Gasteiger charge is -2.31. The number of nitrogens with zero attached hydrogens (tertiary/aromatic N) is 3. The highest BCUT2D eigenvalue weighted by Gasteiger charge is 2.49. The van der Waals surface area contributed by atoms with Crippen molar-refractivity contribution in [3.05, 3.63) is 78.8 Å². The number of Topliss-reactive ketones (excluding diaryl/α,β-unsaturated/α-hetero) is 1. The number of carbonyl (C=O) groups is 2. The Hall–Kier alpha value is -3.49. The van der Waals surface area contributed by atoms with Gasteiger partial charge in [-0.15, -0.1) is 5.06 Å². The van der Waals surface area contributed by atoms with Crippen LogP contribution in [0.2, 0.25) is 0 Å². The van der Waals surface area contributed by atoms with E-state index in [4.69, 9.17) is 9.57 Å². The van der Waals surface area contributed by atoms with E-state index in [1.54, 1.807) is 11.4 Å². The van der Waals surface area contributed by atoms with Crippen LogP contribution in [0.1, 0.15) is 65.5 Å². The molecular formula is C31H40N4O4. The Morgan fingerprint density at radius 1 is 1.08 bits per heavy atom. The van der Waals surface area contributed by atoms with Gasteiger partial charge < -0.3 is 14.6 Å². The smallest absolute Gasteiger partial charge is 0.408 e. The molecule has 0 aliphatic carbocycles. The molecule has 0 radical (unpaired) electrons. The van der Waals surface area contributed by atoms with E-state index >= 15 is 0 Å². The number of aromatic nitrogens is 2. The van der Waals surface area contributed by atoms with Crippen LogP contribution in [0, 0.1) is 5.41 Å². The maximum Gasteiger partial charge on any atom is 0.408 e. The molecule has 1 aliphatic heterocycles. The van der Waals surface area contributed by atoms with Gasteiger partial charge in [0.15, 0.2) is 0 Å². The highest BCUT2D eigenvalue weighted by molar-refractivity contribution is 5.91. The summed E-state index contributed by atoms with van der Waals surface area (Å²) in [5, 5.41) is 4.53. The molecule has 1 saturated heterocycles. The Morgan fingerprint density at radius 3 is 2.38 bits per heavy atom. The van der Waals surface area contributed by atoms with Gasteiger partial charge in [-0.3, -0.25) is 9.63 Å². The van der Waals surface area contributed by atoms with Gasteiger partial charge in [0.25, 0.3) is 0 Å². The molecule has 208 valence electrons. The first-order valence-electron chi connectivity index (χ1n) is 13.8. The molecular weight excluding hydrogens is 492 g/mol. The summed E-state index contributed by atoms with van der Waals surface area (Å²) in [6.07, 6.45) is 4.23. The van der Waals surface area contributed by atoms with Crippen LogP contribution in [0.15, 0.2) is 73.2 Å². The van der Waals surface area contributed by atoms with Gasteiger partial charge in [0, 0.05) is 17.2 Å². The van der Waals surface area contributed by atoms with Crippen molar-refractivity contribution in [1.29, 1.82) is 0 Å². The second-order valence-corrected chi connectivity index (χ2v) is 11.2. The van der Waals surface area contributed by atoms with E-state index in [9.17, 15) is 9.59 Å². The van der Waals surface area contributed by atoms with Crippen molar-refractivity contribution in [1.82, 2.24) is 19.9 Å². The van der Waals surface area contributed by atoms with Crippen LogP contribution in [-0.2, 0) is 20.9 Å². The summed E-state index contributed by atoms with van der Waals surface area (Å²) in [5.74, 6) is -0.155. The molecule has 0 bridgehead atoms. The third-order valence-electron chi connectivity index (χ3n) is 7.09. The molecule has 0 saturated carbocycles. The summed E-state index contributed by atoms with van der Waals surface area (Å²) in [7, 11) is 0. The van der Waals surface area contributed by atoms with E-state index in [0.717, 1.165) is 29.7 Å². The third-order valence-corrected chi connectivity index (χ3v) is 7.09. The molecule has 3 aromatic rings. The molecule has 1 N–H and O–H groups in total. The standard InChI is InChI=1S/C31H40N4O4/c1-6-7-18-25(28(36)29-35(39-29)22(2)23-14-10-8-11-15-23)33-30(37)38-27(31(3,4)5)20-34-19-26(32-21-34)24-16-12-9-13-17-24/h8-17,19,21-22,25,27,29H,6-7,18,20H2,1-5H3,(H,33,37)/t22-,25+,27-,29?,35?/m1/s1. The lowest BCUT2D eigenvalue weighted by molar-refractivity contribution is -0.122. The second kappa shape index (κ2) is 12.6. The topological polar surface area (TPSA) is 88.8 Å². The first-order valence-corrected chi connectivity index (χ1v) is 13.8. The maximum atomic E-state index is 13.4. The van der Waals surface area contributed by atoms with Crippen molar-refractivity contribution >= 4 is 11.9 Å². The first kappa shape index (κ1) is 28.5. The monoisotopic (exact) mass is 532 g/mol. The number of hydrogen-bond donors (Lipinski definition) is 1. The van der Waals surface area contributed by atoms with Gasteiger partial charge >= 0.3 is 6.09 Å². The maximum absolute atomic E-state index is 13.4. The minimum atomic E-state index is -0.686. The summed E-state index contributed by atoms with van der Waals surface area (Å²) in [4.78, 5) is 36.7. The Labute approximate surface area is 231 Å². The number of alkyl carbamates (subject to hydrolysis) is 1. The van der Waals surface area contributed by atoms with Crippen LogP contribution in [0.4, 0.5) is 4.79 Å². The molecule has 1 amide bonds. The molecule has 5 atom stereocenters. The number of rotatable bonds is 12. The molecule has 2 unspecified atom stereocenters. The van der Waals surface area contributed by atoms with Crippen LogP contribution in [0.5, 0.6) is 0 Å². The molecule has 39 heavy (non-hydrogen) atoms. The average molecular weight is 533 g/mol. The fourth-order valence-electron chi connectivity index (χ4n) is 4.51. The van der Waals surface area contributed by atoms with Crippen molar-refractivity contribution in [3.8, 4) is 11.3 Å². The largest absolute Gasteiger partial charge is 0.444 e. The number of benzene rings is 2. The molecule has 1 fully saturated rings. The number of nitrogens with one attached hydrogen (secondary N) is 1. The Kier molecular flexibility index (Phi) is 9.20. The van der Waals surface area contributed by atoms with Crippen molar-refractivity contribution in [2.24, 2.45) is 5.41 Å². The van der Waals surface area contributed by atoms with E-state index < -0.39 is 24.5 Å². The van der Waals surface area contributed by atoms with Gasteiger partial charge in [-0.25, -0.2) is 9.78 Å². The van der Waals surface area contributed by atoms with Gasteiger partial charge in [-0.1, -0.05) is 101 Å². The predicted molar refractivity (Wildman–Crippen MR) is 150 cm³/mol. The molecule has 2 aromatic carbocycles. The Balaban J connectivity index is 1.39. The van der Waals surface area contributed by atoms with E-state index in [0.29, 0.717) is 13.0 Å². The molecule has 1 aromatic heterocycles. The molecule has 8 heteroatoms. The fourth-order valence-corrected chi connectivity index (χ4v) is 4.51. The van der Waals surface area contributed by atoms with Crippen LogP contribution < -0.4 is 5.32 Å². The van der Waals surface area contributed by atoms with E-state index in [-0.39, 0.29) is 17.2 Å². The Morgan fingerprint density at radius 2 is 1.74 bits per heavy atom. The van der Waals surface area contributed by atoms with Gasteiger partial charge in [0.2, 0.25) is 12.0 Å². The van der Waals surface area contributed by atoms with Crippen LogP contribution in [0.25, 0.3) is 11.3 Å². The highest BCUT2D eigenvalue weighted by atomic mass is 16.8. The van der Waals surface area contributed by atoms with Crippen molar-refractivity contribution in [2.75, 3.05) is 0 Å². The summed E-state index contributed by atoms with van der Waals surface area (Å²) in [5.41, 5.74) is 2.61. The SMILES string of the molecule is CCCC[C@H](NC(=O)O[C@H](Cn1cnc(-c2ccccc2)c1)C(C)(C)C)C(=O)C1ON1[C@H](C)c1ccccc1. The van der Waals surface area contributed by atoms with Crippen LogP contribution in [-0.4, -0.2) is 44.9 Å². The van der Waals surface area contributed by atoms with Gasteiger partial charge in [0.05, 0.1) is 30.6 Å². The number of ether oxygens (including phenoxy) is 1. The number of unbranched alkanes of at least 4 members (excludes halogenated alkanes) is 1. The molecule has 4 rings (SSSR count). The molecule has 0 spiro atoms. The van der Waals surface area contributed by atoms with Crippen LogP contribution >= 0.6 is 0 Å². The van der Waals surface area contributed by atoms with E-state index in [1.165, 1.54) is 0 Å². The lowest BCUT2D eigenvalue weighted by Crippen LogP contribution is -2.46. The van der Waals surface area contributed by atoms with Gasteiger partial charge in [-0.2, -0.15) is 0 Å². The quantitative estimate of drug-likeness (QED) is 0.281. The summed E-state index contributed by atoms with van der Waals surface area (Å²) >= 11 is 0. The number of imidazole rings is 1. The minimum absolute atomic E-state index is 0.0693. The lowest BCUT2D eigenvalue weighted by atomic mass is 9.89. The van der Waals surface area contributed by atoms with Crippen molar-refractivity contribution in [3.63, 3.8) is 0 Å². The number of ketones is 1. The number of hydrogen-bond acceptors (Lipinski definition) is 6. The van der Waals surface area contributed by atoms with Crippen molar-refractivity contribution in [2.45, 2.75) is 84.8 Å². The van der Waals surface area contributed by atoms with Gasteiger partial charge in [0.1, 0.15) is 6.10 Å². The number of hydroxylamine groups is 2. The third kappa shape index (κ3) is 7.55. The minimum Gasteiger partial charge on any atom is -0.444 e. The van der Waals surface area contributed by atoms with Gasteiger partial charge in [-0.05, 0) is 18.9 Å². The number of carbonyl (C=O) groups excluding carboxylic acids is 2. The second-order valence-electron chi connectivity index (χ2n) is 11.2. The Bertz CT molecular complexity index is 1220. The normalized spacial score (nSPS) is 19.1. The average Bonchev–Trinajstić information content (AvgIpc) is 3.60. The van der Waals surface area contributed by atoms with Crippen LogP contribution in [0.3, 0.4) is 0 Å². The summed E-state index contributed by atoms with van der Waals surface area (Å²) in [6.45, 7) is 10.6.